The van der Waals surface area contributed by atoms with Gasteiger partial charge in [0.05, 0.1) is 16.8 Å². The number of benzene rings is 8. The average molecular weight is 717 g/mol. The standard InChI is InChI=1S/C53H36N2O/c1-4-16-38(17-5-1)48-36-49(39-18-6-2-7-19-39)55-52(54-48)43-23-15-22-42(35-43)41-21-14-20-40(34-41)37-30-32-45(33-31-37)53(44-24-8-3-9-25-44)46-26-10-12-28-50(46)56-51-29-13-11-27-47(51)53/h1-36H. The molecular weight excluding hydrogens is 681 g/mol. The molecule has 56 heavy (non-hydrogen) atoms. The molecule has 9 aromatic rings. The van der Waals surface area contributed by atoms with Gasteiger partial charge in [-0.1, -0.05) is 188 Å². The summed E-state index contributed by atoms with van der Waals surface area (Å²) in [5.41, 5.74) is 13.5. The van der Waals surface area contributed by atoms with Crippen molar-refractivity contribution >= 4 is 0 Å². The summed E-state index contributed by atoms with van der Waals surface area (Å²) in [5.74, 6) is 2.45. The van der Waals surface area contributed by atoms with Crippen LogP contribution >= 0.6 is 0 Å². The Balaban J connectivity index is 1.03. The summed E-state index contributed by atoms with van der Waals surface area (Å²) in [6.07, 6.45) is 0. The van der Waals surface area contributed by atoms with E-state index in [1.54, 1.807) is 0 Å². The van der Waals surface area contributed by atoms with Crippen molar-refractivity contribution in [3.63, 3.8) is 0 Å². The highest BCUT2D eigenvalue weighted by Gasteiger charge is 2.45. The minimum Gasteiger partial charge on any atom is -0.457 e. The molecule has 0 N–H and O–H groups in total. The zero-order chi connectivity index (χ0) is 37.3. The van der Waals surface area contributed by atoms with Gasteiger partial charge in [0.1, 0.15) is 11.5 Å². The van der Waals surface area contributed by atoms with E-state index in [4.69, 9.17) is 14.7 Å². The summed E-state index contributed by atoms with van der Waals surface area (Å²) >= 11 is 0. The summed E-state index contributed by atoms with van der Waals surface area (Å²) in [6, 6.07) is 76.8. The van der Waals surface area contributed by atoms with Gasteiger partial charge in [-0.3, -0.25) is 0 Å². The first-order valence-electron chi connectivity index (χ1n) is 19.0. The fourth-order valence-electron chi connectivity index (χ4n) is 8.19. The molecule has 1 aliphatic heterocycles. The van der Waals surface area contributed by atoms with Crippen LogP contribution in [0, 0.1) is 0 Å². The van der Waals surface area contributed by atoms with Crippen LogP contribution in [-0.2, 0) is 5.41 Å². The number of nitrogens with zero attached hydrogens (tertiary/aromatic N) is 2. The molecule has 0 aliphatic carbocycles. The Morgan fingerprint density at radius 1 is 0.304 bits per heavy atom. The third kappa shape index (κ3) is 5.87. The molecule has 8 aromatic carbocycles. The highest BCUT2D eigenvalue weighted by atomic mass is 16.5. The largest absolute Gasteiger partial charge is 0.457 e. The highest BCUT2D eigenvalue weighted by molar-refractivity contribution is 5.78. The number of ether oxygens (including phenoxy) is 1. The van der Waals surface area contributed by atoms with Crippen molar-refractivity contribution in [2.24, 2.45) is 0 Å². The van der Waals surface area contributed by atoms with E-state index in [2.05, 4.69) is 170 Å². The van der Waals surface area contributed by atoms with E-state index >= 15 is 0 Å². The van der Waals surface area contributed by atoms with Crippen LogP contribution < -0.4 is 4.74 Å². The summed E-state index contributed by atoms with van der Waals surface area (Å²) in [5, 5.41) is 0. The van der Waals surface area contributed by atoms with E-state index in [9.17, 15) is 0 Å². The Bertz CT molecular complexity index is 2710. The Kier molecular flexibility index (Phi) is 8.38. The molecule has 2 heterocycles. The van der Waals surface area contributed by atoms with Crippen LogP contribution in [0.5, 0.6) is 11.5 Å². The Morgan fingerprint density at radius 3 is 1.27 bits per heavy atom. The minimum absolute atomic E-state index is 0.548. The van der Waals surface area contributed by atoms with E-state index in [1.807, 2.05) is 48.5 Å². The van der Waals surface area contributed by atoms with Crippen molar-refractivity contribution in [1.82, 2.24) is 9.97 Å². The SMILES string of the molecule is c1ccc(-c2cc(-c3ccccc3)nc(-c3cccc(-c4cccc(-c5ccc(C6(c7ccccc7)c7ccccc7Oc7ccccc76)cc5)c4)c3)n2)cc1. The van der Waals surface area contributed by atoms with Crippen LogP contribution in [0.15, 0.2) is 218 Å². The molecule has 0 unspecified atom stereocenters. The molecule has 3 heteroatoms. The molecule has 0 atom stereocenters. The van der Waals surface area contributed by atoms with Crippen LogP contribution in [0.25, 0.3) is 56.2 Å². The van der Waals surface area contributed by atoms with Gasteiger partial charge in [-0.15, -0.1) is 0 Å². The molecule has 0 spiro atoms. The number of para-hydroxylation sites is 2. The molecule has 3 nitrogen and oxygen atoms in total. The third-order valence-corrected chi connectivity index (χ3v) is 10.8. The Hall–Kier alpha value is -7.36. The maximum absolute atomic E-state index is 6.50. The normalized spacial score (nSPS) is 12.6. The highest BCUT2D eigenvalue weighted by Crippen LogP contribution is 2.55. The van der Waals surface area contributed by atoms with Gasteiger partial charge in [0.2, 0.25) is 0 Å². The number of hydrogen-bond acceptors (Lipinski definition) is 3. The van der Waals surface area contributed by atoms with Crippen LogP contribution in [0.3, 0.4) is 0 Å². The topological polar surface area (TPSA) is 35.0 Å². The van der Waals surface area contributed by atoms with Gasteiger partial charge in [0, 0.05) is 27.8 Å². The molecule has 10 rings (SSSR count). The maximum Gasteiger partial charge on any atom is 0.160 e. The van der Waals surface area contributed by atoms with Gasteiger partial charge in [-0.2, -0.15) is 0 Å². The van der Waals surface area contributed by atoms with E-state index < -0.39 is 5.41 Å². The summed E-state index contributed by atoms with van der Waals surface area (Å²) in [4.78, 5) is 10.2. The molecule has 0 fully saturated rings. The van der Waals surface area contributed by atoms with Crippen molar-refractivity contribution in [2.75, 3.05) is 0 Å². The van der Waals surface area contributed by atoms with E-state index in [0.717, 1.165) is 73.0 Å². The molecule has 1 aliphatic rings. The predicted molar refractivity (Wildman–Crippen MR) is 228 cm³/mol. The lowest BCUT2D eigenvalue weighted by atomic mass is 9.63. The van der Waals surface area contributed by atoms with E-state index in [-0.39, 0.29) is 0 Å². The van der Waals surface area contributed by atoms with Crippen molar-refractivity contribution in [3.8, 4) is 67.7 Å². The Labute approximate surface area is 327 Å². The molecule has 0 saturated heterocycles. The molecule has 0 amide bonds. The van der Waals surface area contributed by atoms with Gasteiger partial charge in [0.15, 0.2) is 5.82 Å². The molecule has 1 aromatic heterocycles. The van der Waals surface area contributed by atoms with Crippen LogP contribution in [-0.4, -0.2) is 9.97 Å². The summed E-state index contributed by atoms with van der Waals surface area (Å²) in [7, 11) is 0. The van der Waals surface area contributed by atoms with Crippen LogP contribution in [0.1, 0.15) is 22.3 Å². The fraction of sp³-hybridized carbons (Fsp3) is 0.0189. The predicted octanol–water partition coefficient (Wildman–Crippen LogP) is 13.3. The third-order valence-electron chi connectivity index (χ3n) is 10.8. The monoisotopic (exact) mass is 716 g/mol. The first-order chi connectivity index (χ1) is 27.7. The molecule has 264 valence electrons. The molecular formula is C53H36N2O. The lowest BCUT2D eigenvalue weighted by Crippen LogP contribution is -2.34. The first kappa shape index (κ1) is 33.2. The quantitative estimate of drug-likeness (QED) is 0.165. The molecule has 0 saturated carbocycles. The zero-order valence-electron chi connectivity index (χ0n) is 30.6. The van der Waals surface area contributed by atoms with Gasteiger partial charge >= 0.3 is 0 Å². The van der Waals surface area contributed by atoms with Crippen LogP contribution in [0.4, 0.5) is 0 Å². The second-order valence-electron chi connectivity index (χ2n) is 14.1. The Morgan fingerprint density at radius 2 is 0.714 bits per heavy atom. The summed E-state index contributed by atoms with van der Waals surface area (Å²) in [6.45, 7) is 0. The minimum atomic E-state index is -0.548. The van der Waals surface area contributed by atoms with Gasteiger partial charge in [-0.05, 0) is 63.7 Å². The van der Waals surface area contributed by atoms with Crippen molar-refractivity contribution < 1.29 is 4.74 Å². The van der Waals surface area contributed by atoms with Gasteiger partial charge in [-0.25, -0.2) is 9.97 Å². The molecule has 0 bridgehead atoms. The smallest absolute Gasteiger partial charge is 0.160 e. The van der Waals surface area contributed by atoms with E-state index in [0.29, 0.717) is 5.82 Å². The fourth-order valence-corrected chi connectivity index (χ4v) is 8.19. The second-order valence-corrected chi connectivity index (χ2v) is 14.1. The number of hydrogen-bond donors (Lipinski definition) is 0. The average Bonchev–Trinajstić information content (AvgIpc) is 3.29. The van der Waals surface area contributed by atoms with Crippen molar-refractivity contribution in [1.29, 1.82) is 0 Å². The number of fused-ring (bicyclic) bond motifs is 2. The molecule has 0 radical (unpaired) electrons. The van der Waals surface area contributed by atoms with Gasteiger partial charge in [0.25, 0.3) is 0 Å². The van der Waals surface area contributed by atoms with Crippen molar-refractivity contribution in [2.45, 2.75) is 5.41 Å². The van der Waals surface area contributed by atoms with E-state index in [1.165, 1.54) is 11.1 Å². The second kappa shape index (κ2) is 14.1. The van der Waals surface area contributed by atoms with Crippen molar-refractivity contribution in [3.05, 3.63) is 241 Å². The number of rotatable bonds is 7. The van der Waals surface area contributed by atoms with Gasteiger partial charge < -0.3 is 4.74 Å². The summed E-state index contributed by atoms with van der Waals surface area (Å²) < 4.78 is 6.50. The zero-order valence-corrected chi connectivity index (χ0v) is 30.6. The lowest BCUT2D eigenvalue weighted by molar-refractivity contribution is 0.434. The maximum atomic E-state index is 6.50. The lowest BCUT2D eigenvalue weighted by Gasteiger charge is -2.41. The first-order valence-corrected chi connectivity index (χ1v) is 19.0. The number of aromatic nitrogens is 2. The van der Waals surface area contributed by atoms with Crippen LogP contribution in [0.2, 0.25) is 0 Å².